The summed E-state index contributed by atoms with van der Waals surface area (Å²) in [5, 5.41) is 21.6. The number of hydrogen-bond acceptors (Lipinski definition) is 3. The molecule has 0 unspecified atom stereocenters. The number of amides is 1. The van der Waals surface area contributed by atoms with Crippen LogP contribution in [0.4, 0.5) is 0 Å². The molecule has 1 amide bonds. The van der Waals surface area contributed by atoms with Crippen LogP contribution in [0.5, 0.6) is 5.75 Å². The number of benzene rings is 1. The topological polar surface area (TPSA) is 73.1 Å². The number of phenolic OH excluding ortho intramolecular Hbond substituents is 1. The Bertz CT molecular complexity index is 617. The van der Waals surface area contributed by atoms with Gasteiger partial charge in [0.25, 0.3) is 5.91 Å². The van der Waals surface area contributed by atoms with E-state index in [0.717, 1.165) is 6.42 Å². The molecule has 4 heteroatoms. The fraction of sp³-hybridized carbons (Fsp3) is 0.444. The van der Waals surface area contributed by atoms with Gasteiger partial charge in [0.1, 0.15) is 17.4 Å². The van der Waals surface area contributed by atoms with Gasteiger partial charge in [0.05, 0.1) is 0 Å². The molecule has 4 nitrogen and oxygen atoms in total. The Labute approximate surface area is 132 Å². The third kappa shape index (κ3) is 6.01. The lowest BCUT2D eigenvalue weighted by Crippen LogP contribution is -2.46. The largest absolute Gasteiger partial charge is 0.508 e. The van der Waals surface area contributed by atoms with Gasteiger partial charge in [-0.1, -0.05) is 32.9 Å². The number of rotatable bonds is 4. The van der Waals surface area contributed by atoms with E-state index in [9.17, 15) is 15.2 Å². The van der Waals surface area contributed by atoms with Gasteiger partial charge in [0.15, 0.2) is 0 Å². The summed E-state index contributed by atoms with van der Waals surface area (Å²) in [6.07, 6.45) is 2.26. The molecule has 22 heavy (non-hydrogen) atoms. The highest BCUT2D eigenvalue weighted by molar-refractivity contribution is 6.02. The number of carbonyl (C=O) groups excluding carboxylic acids is 1. The Morgan fingerprint density at radius 3 is 2.45 bits per heavy atom. The van der Waals surface area contributed by atoms with Crippen molar-refractivity contribution in [2.45, 2.75) is 46.6 Å². The van der Waals surface area contributed by atoms with Crippen molar-refractivity contribution in [3.05, 3.63) is 35.4 Å². The maximum Gasteiger partial charge on any atom is 0.262 e. The van der Waals surface area contributed by atoms with Crippen LogP contribution in [0, 0.1) is 16.7 Å². The second kappa shape index (κ2) is 6.65. The average molecular weight is 300 g/mol. The van der Waals surface area contributed by atoms with E-state index < -0.39 is 11.4 Å². The summed E-state index contributed by atoms with van der Waals surface area (Å²) >= 11 is 0. The van der Waals surface area contributed by atoms with Crippen LogP contribution in [0.3, 0.4) is 0 Å². The summed E-state index contributed by atoms with van der Waals surface area (Å²) in [7, 11) is 0. The van der Waals surface area contributed by atoms with Crippen molar-refractivity contribution in [2.75, 3.05) is 0 Å². The molecule has 118 valence electrons. The van der Waals surface area contributed by atoms with Gasteiger partial charge in [-0.15, -0.1) is 0 Å². The van der Waals surface area contributed by atoms with Crippen molar-refractivity contribution < 1.29 is 9.90 Å². The summed E-state index contributed by atoms with van der Waals surface area (Å²) < 4.78 is 0. The molecule has 0 saturated heterocycles. The van der Waals surface area contributed by atoms with Crippen LogP contribution in [-0.2, 0) is 4.79 Å². The second-order valence-electron chi connectivity index (χ2n) is 7.34. The van der Waals surface area contributed by atoms with E-state index in [2.05, 4.69) is 26.1 Å². The van der Waals surface area contributed by atoms with Crippen LogP contribution in [0.2, 0.25) is 0 Å². The minimum absolute atomic E-state index is 0.0209. The third-order valence-electron chi connectivity index (χ3n) is 2.97. The van der Waals surface area contributed by atoms with Gasteiger partial charge in [-0.2, -0.15) is 5.26 Å². The zero-order valence-corrected chi connectivity index (χ0v) is 13.9. The fourth-order valence-corrected chi connectivity index (χ4v) is 2.67. The molecule has 0 bridgehead atoms. The molecule has 1 aromatic carbocycles. The molecule has 0 atom stereocenters. The molecule has 0 aliphatic heterocycles. The highest BCUT2D eigenvalue weighted by Crippen LogP contribution is 2.27. The van der Waals surface area contributed by atoms with E-state index in [1.54, 1.807) is 12.1 Å². The van der Waals surface area contributed by atoms with Gasteiger partial charge in [-0.3, -0.25) is 4.79 Å². The minimum atomic E-state index is -0.413. The molecular weight excluding hydrogens is 276 g/mol. The summed E-state index contributed by atoms with van der Waals surface area (Å²) in [4.78, 5) is 12.3. The third-order valence-corrected chi connectivity index (χ3v) is 2.97. The van der Waals surface area contributed by atoms with Crippen molar-refractivity contribution in [2.24, 2.45) is 5.41 Å². The normalized spacial score (nSPS) is 12.6. The summed E-state index contributed by atoms with van der Waals surface area (Å²) in [6.45, 7) is 10.2. The number of aromatic hydroxyl groups is 1. The number of nitrogens with zero attached hydrogens (tertiary/aromatic N) is 1. The maximum absolute atomic E-state index is 12.3. The first kappa shape index (κ1) is 17.8. The van der Waals surface area contributed by atoms with Gasteiger partial charge >= 0.3 is 0 Å². The molecule has 0 aromatic heterocycles. The lowest BCUT2D eigenvalue weighted by atomic mass is 9.81. The van der Waals surface area contributed by atoms with Crippen molar-refractivity contribution in [3.8, 4) is 11.8 Å². The first-order valence-corrected chi connectivity index (χ1v) is 7.26. The molecule has 0 radical (unpaired) electrons. The summed E-state index contributed by atoms with van der Waals surface area (Å²) in [5.41, 5.74) is 0.288. The SMILES string of the molecule is CC(C)(C)CC(C)(C)NC(=O)/C(C#N)=C/c1cccc(O)c1. The fourth-order valence-electron chi connectivity index (χ4n) is 2.67. The highest BCUT2D eigenvalue weighted by atomic mass is 16.3. The second-order valence-corrected chi connectivity index (χ2v) is 7.34. The van der Waals surface area contributed by atoms with Gasteiger partial charge in [0.2, 0.25) is 0 Å². The molecule has 2 N–H and O–H groups in total. The molecular formula is C18H24N2O2. The molecule has 0 aliphatic rings. The Balaban J connectivity index is 2.92. The van der Waals surface area contributed by atoms with Gasteiger partial charge in [-0.25, -0.2) is 0 Å². The maximum atomic E-state index is 12.3. The number of nitriles is 1. The summed E-state index contributed by atoms with van der Waals surface area (Å²) in [5.74, 6) is -0.306. The van der Waals surface area contributed by atoms with E-state index in [0.29, 0.717) is 5.56 Å². The monoisotopic (exact) mass is 300 g/mol. The summed E-state index contributed by atoms with van der Waals surface area (Å²) in [6, 6.07) is 8.36. The van der Waals surface area contributed by atoms with E-state index >= 15 is 0 Å². The molecule has 1 aromatic rings. The molecule has 0 spiro atoms. The van der Waals surface area contributed by atoms with Crippen LogP contribution in [0.15, 0.2) is 29.8 Å². The van der Waals surface area contributed by atoms with Crippen molar-refractivity contribution in [1.29, 1.82) is 5.26 Å². The molecule has 0 aliphatic carbocycles. The average Bonchev–Trinajstić information content (AvgIpc) is 2.32. The van der Waals surface area contributed by atoms with E-state index in [1.165, 1.54) is 18.2 Å². The predicted octanol–water partition coefficient (Wildman–Crippen LogP) is 3.63. The zero-order valence-electron chi connectivity index (χ0n) is 13.9. The Hall–Kier alpha value is -2.28. The Morgan fingerprint density at radius 2 is 1.95 bits per heavy atom. The van der Waals surface area contributed by atoms with Crippen LogP contribution in [0.25, 0.3) is 6.08 Å². The number of phenols is 1. The van der Waals surface area contributed by atoms with Crippen molar-refractivity contribution in [1.82, 2.24) is 5.32 Å². The van der Waals surface area contributed by atoms with Gasteiger partial charge in [0, 0.05) is 5.54 Å². The Morgan fingerprint density at radius 1 is 1.32 bits per heavy atom. The van der Waals surface area contributed by atoms with E-state index in [-0.39, 0.29) is 16.7 Å². The van der Waals surface area contributed by atoms with Crippen LogP contribution in [-0.4, -0.2) is 16.6 Å². The first-order chi connectivity index (χ1) is 10.0. The molecule has 0 saturated carbocycles. The van der Waals surface area contributed by atoms with Gasteiger partial charge in [-0.05, 0) is 49.5 Å². The highest BCUT2D eigenvalue weighted by Gasteiger charge is 2.28. The van der Waals surface area contributed by atoms with E-state index in [1.807, 2.05) is 19.9 Å². The van der Waals surface area contributed by atoms with Crippen molar-refractivity contribution in [3.63, 3.8) is 0 Å². The molecule has 0 fully saturated rings. The minimum Gasteiger partial charge on any atom is -0.508 e. The molecule has 1 rings (SSSR count). The first-order valence-electron chi connectivity index (χ1n) is 7.26. The quantitative estimate of drug-likeness (QED) is 0.658. The lowest BCUT2D eigenvalue weighted by Gasteiger charge is -2.33. The van der Waals surface area contributed by atoms with Crippen LogP contribution < -0.4 is 5.32 Å². The predicted molar refractivity (Wildman–Crippen MR) is 88.0 cm³/mol. The van der Waals surface area contributed by atoms with E-state index in [4.69, 9.17) is 0 Å². The zero-order chi connectivity index (χ0) is 17.0. The van der Waals surface area contributed by atoms with Crippen LogP contribution >= 0.6 is 0 Å². The van der Waals surface area contributed by atoms with Gasteiger partial charge < -0.3 is 10.4 Å². The standard InChI is InChI=1S/C18H24N2O2/c1-17(2,3)12-18(4,5)20-16(22)14(11-19)9-13-7-6-8-15(21)10-13/h6-10,21H,12H2,1-5H3,(H,20,22)/b14-9+. The molecule has 0 heterocycles. The van der Waals surface area contributed by atoms with Crippen molar-refractivity contribution >= 4 is 12.0 Å². The number of carbonyl (C=O) groups is 1. The number of hydrogen-bond donors (Lipinski definition) is 2. The van der Waals surface area contributed by atoms with Crippen LogP contribution in [0.1, 0.15) is 46.6 Å². The lowest BCUT2D eigenvalue weighted by molar-refractivity contribution is -0.118. The smallest absolute Gasteiger partial charge is 0.262 e. The number of nitrogens with one attached hydrogen (secondary N) is 1. The Kier molecular flexibility index (Phi) is 5.38.